The van der Waals surface area contributed by atoms with E-state index in [1.165, 1.54) is 36.4 Å². The van der Waals surface area contributed by atoms with Gasteiger partial charge in [0.25, 0.3) is 0 Å². The Kier molecular flexibility index (Phi) is 21.8. The topological polar surface area (TPSA) is 158 Å². The maximum absolute atomic E-state index is 8.87. The van der Waals surface area contributed by atoms with E-state index in [2.05, 4.69) is 56.3 Å². The highest BCUT2D eigenvalue weighted by atomic mass is 35.5. The van der Waals surface area contributed by atoms with Crippen LogP contribution in [0.15, 0.2) is 164 Å². The number of fused-ring (bicyclic) bond motifs is 2. The molecule has 2 aliphatic rings. The Hall–Kier alpha value is -7.13. The first-order valence-electron chi connectivity index (χ1n) is 22.4. The van der Waals surface area contributed by atoms with Crippen molar-refractivity contribution in [2.75, 3.05) is 25.7 Å². The van der Waals surface area contributed by atoms with E-state index in [0.717, 1.165) is 73.8 Å². The zero-order valence-electron chi connectivity index (χ0n) is 38.4. The van der Waals surface area contributed by atoms with Gasteiger partial charge in [-0.05, 0) is 73.5 Å². The number of rotatable bonds is 10. The molecule has 67 heavy (non-hydrogen) atoms. The van der Waals surface area contributed by atoms with Gasteiger partial charge in [0.05, 0.1) is 84.1 Å². The van der Waals surface area contributed by atoms with Crippen LogP contribution in [0.4, 0.5) is 0 Å². The number of ether oxygens (including phenoxy) is 2. The number of halogens is 1. The molecule has 0 fully saturated rings. The van der Waals surface area contributed by atoms with Crippen molar-refractivity contribution in [3.63, 3.8) is 0 Å². The molecule has 13 nitrogen and oxygen atoms in total. The monoisotopic (exact) mass is 918 g/mol. The molecule has 4 aromatic heterocycles. The largest absolute Gasteiger partial charge is 0.396 e. The van der Waals surface area contributed by atoms with Crippen molar-refractivity contribution in [1.82, 2.24) is 39.1 Å². The second-order valence-corrected chi connectivity index (χ2v) is 15.2. The molecule has 14 heteroatoms. The highest BCUT2D eigenvalue weighted by Gasteiger charge is 2.26. The molecular weight excluding hydrogens is 860 g/mol. The Morgan fingerprint density at radius 3 is 1.46 bits per heavy atom. The first kappa shape index (κ1) is 50.9. The summed E-state index contributed by atoms with van der Waals surface area (Å²) < 4.78 is 19.3. The first-order chi connectivity index (χ1) is 33.0. The van der Waals surface area contributed by atoms with Gasteiger partial charge in [0.15, 0.2) is 0 Å². The van der Waals surface area contributed by atoms with E-state index in [0.29, 0.717) is 12.3 Å². The lowest BCUT2D eigenvalue weighted by atomic mass is 10.0. The molecule has 6 heterocycles. The van der Waals surface area contributed by atoms with E-state index in [9.17, 15) is 0 Å². The number of aliphatic hydroxyl groups is 1. The van der Waals surface area contributed by atoms with E-state index in [1.54, 1.807) is 24.5 Å². The van der Waals surface area contributed by atoms with Crippen LogP contribution in [-0.4, -0.2) is 69.9 Å². The number of para-hydroxylation sites is 4. The number of aromatic nitrogens is 8. The predicted octanol–water partition coefficient (Wildman–Crippen LogP) is 10.7. The summed E-state index contributed by atoms with van der Waals surface area (Å²) >= 11 is 5.82. The van der Waals surface area contributed by atoms with Crippen LogP contribution in [0, 0.1) is 22.7 Å². The maximum atomic E-state index is 8.87. The molecule has 346 valence electrons. The fourth-order valence-electron chi connectivity index (χ4n) is 7.45. The Morgan fingerprint density at radius 2 is 1.04 bits per heavy atom. The van der Waals surface area contributed by atoms with Gasteiger partial charge in [0, 0.05) is 81.0 Å². The van der Waals surface area contributed by atoms with Gasteiger partial charge in [-0.25, -0.2) is 18.7 Å². The minimum atomic E-state index is 0.101. The van der Waals surface area contributed by atoms with Crippen molar-refractivity contribution in [3.8, 4) is 34.9 Å². The highest BCUT2D eigenvalue weighted by Crippen LogP contribution is 2.32. The quantitative estimate of drug-likeness (QED) is 0.132. The van der Waals surface area contributed by atoms with Crippen molar-refractivity contribution >= 4 is 11.6 Å². The molecule has 0 spiro atoms. The number of nitriles is 2. The molecule has 10 rings (SSSR count). The van der Waals surface area contributed by atoms with Crippen LogP contribution in [-0.2, 0) is 28.7 Å². The van der Waals surface area contributed by atoms with Gasteiger partial charge in [0.2, 0.25) is 0 Å². The number of alkyl halides is 1. The summed E-state index contributed by atoms with van der Waals surface area (Å²) in [6.45, 7) is 6.75. The lowest BCUT2D eigenvalue weighted by Gasteiger charge is -2.23. The maximum Gasteiger partial charge on any atom is 0.0869 e. The van der Waals surface area contributed by atoms with Gasteiger partial charge in [0.1, 0.15) is 0 Å². The molecule has 1 N–H and O–H groups in total. The molecule has 0 radical (unpaired) electrons. The van der Waals surface area contributed by atoms with Crippen LogP contribution in [0.25, 0.3) is 22.7 Å². The average Bonchev–Trinajstić information content (AvgIpc) is 4.23. The molecule has 0 saturated heterocycles. The van der Waals surface area contributed by atoms with Gasteiger partial charge in [-0.15, -0.1) is 11.6 Å². The van der Waals surface area contributed by atoms with Gasteiger partial charge < -0.3 is 14.6 Å². The summed E-state index contributed by atoms with van der Waals surface area (Å²) in [6, 6.07) is 47.8. The molecule has 4 aromatic carbocycles. The standard InChI is InChI=1S/C15H18N2O.C14H15ClN2O.C11H12N2O.C9H8N2.2C2H3N/c1-2-6-15-13-11-16-17(14(13)9-10-18-15)12-7-4-3-5-8-12;15-8-6-14-12-10-16-17(13(12)7-9-18-14)11-4-2-1-3-5-11;14-9-7-11-6-8-12-13(11)10-4-2-1-3-5-10;1-2-5-9(6-3-1)11-8-4-7-10-11;2*1-2-3/h3-5,7-8,11,15H,2,6,9-10H2,1H3;1-5,10,14H,6-9H2;1-6,8,14H,7,9H2;1-8H;2*1H3. The Bertz CT molecular complexity index is 2530. The predicted molar refractivity (Wildman–Crippen MR) is 263 cm³/mol. The highest BCUT2D eigenvalue weighted by molar-refractivity contribution is 6.17. The SMILES string of the molecule is CC#N.CC#N.CCCC1OCCc2c1cnn2-c1ccccc1.ClCCC1OCCc2c1cnn2-c1ccccc1.OCCc1ccnn1-c1ccccc1.c1ccc(-n2cccn2)cc1. The third-order valence-corrected chi connectivity index (χ3v) is 10.6. The summed E-state index contributed by atoms with van der Waals surface area (Å²) in [5, 5.41) is 40.9. The summed E-state index contributed by atoms with van der Waals surface area (Å²) in [5.41, 5.74) is 10.4. The van der Waals surface area contributed by atoms with Crippen LogP contribution in [0.5, 0.6) is 0 Å². The lowest BCUT2D eigenvalue weighted by molar-refractivity contribution is 0.0352. The van der Waals surface area contributed by atoms with Crippen molar-refractivity contribution < 1.29 is 14.6 Å². The number of aliphatic hydroxyl groups excluding tert-OH is 1. The Labute approximate surface area is 399 Å². The fourth-order valence-corrected chi connectivity index (χ4v) is 7.65. The van der Waals surface area contributed by atoms with Crippen molar-refractivity contribution in [3.05, 3.63) is 193 Å². The molecule has 0 amide bonds. The molecule has 0 aliphatic carbocycles. The number of benzene rings is 4. The zero-order chi connectivity index (χ0) is 47.5. The minimum absolute atomic E-state index is 0.101. The van der Waals surface area contributed by atoms with E-state index in [1.807, 2.05) is 142 Å². The van der Waals surface area contributed by atoms with Crippen molar-refractivity contribution in [1.29, 1.82) is 10.5 Å². The molecular formula is C53H59ClN10O3. The molecule has 0 bridgehead atoms. The van der Waals surface area contributed by atoms with Gasteiger partial charge >= 0.3 is 0 Å². The Morgan fingerprint density at radius 1 is 0.597 bits per heavy atom. The van der Waals surface area contributed by atoms with Crippen LogP contribution in [0.2, 0.25) is 0 Å². The summed E-state index contributed by atoms with van der Waals surface area (Å²) in [7, 11) is 0. The fraction of sp³-hybridized carbons (Fsp3) is 0.283. The first-order valence-corrected chi connectivity index (χ1v) is 22.9. The number of hydrogen-bond acceptors (Lipinski definition) is 9. The van der Waals surface area contributed by atoms with Crippen LogP contribution in [0.1, 0.15) is 80.5 Å². The van der Waals surface area contributed by atoms with E-state index >= 15 is 0 Å². The third-order valence-electron chi connectivity index (χ3n) is 10.4. The zero-order valence-corrected chi connectivity index (χ0v) is 39.2. The molecule has 2 aliphatic heterocycles. The number of nitrogens with zero attached hydrogens (tertiary/aromatic N) is 10. The van der Waals surface area contributed by atoms with Gasteiger partial charge in [-0.3, -0.25) is 0 Å². The number of hydrogen-bond donors (Lipinski definition) is 1. The van der Waals surface area contributed by atoms with Gasteiger partial charge in [-0.2, -0.15) is 30.9 Å². The second-order valence-electron chi connectivity index (χ2n) is 14.9. The van der Waals surface area contributed by atoms with Crippen LogP contribution < -0.4 is 0 Å². The van der Waals surface area contributed by atoms with E-state index in [4.69, 9.17) is 36.7 Å². The van der Waals surface area contributed by atoms with E-state index < -0.39 is 0 Å². The average molecular weight is 920 g/mol. The minimum Gasteiger partial charge on any atom is -0.396 e. The summed E-state index contributed by atoms with van der Waals surface area (Å²) in [4.78, 5) is 0. The molecule has 2 atom stereocenters. The smallest absolute Gasteiger partial charge is 0.0869 e. The van der Waals surface area contributed by atoms with E-state index in [-0.39, 0.29) is 18.8 Å². The molecule has 8 aromatic rings. The summed E-state index contributed by atoms with van der Waals surface area (Å²) in [6.07, 6.45) is 15.2. The lowest BCUT2D eigenvalue weighted by Crippen LogP contribution is -2.18. The molecule has 2 unspecified atom stereocenters. The van der Waals surface area contributed by atoms with Crippen LogP contribution in [0.3, 0.4) is 0 Å². The van der Waals surface area contributed by atoms with Crippen LogP contribution >= 0.6 is 11.6 Å². The third kappa shape index (κ3) is 14.9. The van der Waals surface area contributed by atoms with Crippen molar-refractivity contribution in [2.45, 2.75) is 71.5 Å². The Balaban J connectivity index is 0.000000163. The second kappa shape index (κ2) is 28.7. The summed E-state index contributed by atoms with van der Waals surface area (Å²) in [5.74, 6) is 0.612. The normalized spacial score (nSPS) is 14.0. The molecule has 0 saturated carbocycles. The van der Waals surface area contributed by atoms with Crippen molar-refractivity contribution in [2.24, 2.45) is 0 Å². The van der Waals surface area contributed by atoms with Gasteiger partial charge in [-0.1, -0.05) is 86.1 Å².